The molecule has 0 bridgehead atoms. The molecule has 3 heterocycles. The molecule has 0 aromatic carbocycles. The van der Waals surface area contributed by atoms with Crippen molar-refractivity contribution in [2.24, 2.45) is 0 Å². The van der Waals surface area contributed by atoms with Crippen LogP contribution in [0.25, 0.3) is 0 Å². The summed E-state index contributed by atoms with van der Waals surface area (Å²) < 4.78 is 30.7. The summed E-state index contributed by atoms with van der Waals surface area (Å²) in [7, 11) is -2.42. The third-order valence-electron chi connectivity index (χ3n) is 3.73. The standard InChI is InChI=1S/C14H17N5O4S/c1-15-24(21,22)12-4-3-11(23-12)13(20)18-7-9-19(10-8-18)14-16-5-2-6-17-14/h2-6,15H,7-10H2,1H3. The van der Waals surface area contributed by atoms with Gasteiger partial charge in [0.25, 0.3) is 15.9 Å². The van der Waals surface area contributed by atoms with Crippen molar-refractivity contribution in [3.8, 4) is 0 Å². The van der Waals surface area contributed by atoms with Crippen molar-refractivity contribution >= 4 is 21.9 Å². The van der Waals surface area contributed by atoms with Gasteiger partial charge in [-0.2, -0.15) is 0 Å². The first-order chi connectivity index (χ1) is 11.5. The average molecular weight is 351 g/mol. The molecule has 3 rings (SSSR count). The van der Waals surface area contributed by atoms with Crippen molar-refractivity contribution in [2.45, 2.75) is 5.09 Å². The Morgan fingerprint density at radius 2 is 1.83 bits per heavy atom. The van der Waals surface area contributed by atoms with Gasteiger partial charge in [0, 0.05) is 38.6 Å². The van der Waals surface area contributed by atoms with E-state index in [4.69, 9.17) is 4.42 Å². The lowest BCUT2D eigenvalue weighted by molar-refractivity contribution is 0.0708. The molecule has 1 fully saturated rings. The number of nitrogens with zero attached hydrogens (tertiary/aromatic N) is 4. The fraction of sp³-hybridized carbons (Fsp3) is 0.357. The average Bonchev–Trinajstić information content (AvgIpc) is 3.13. The zero-order valence-electron chi connectivity index (χ0n) is 13.0. The molecule has 1 aliphatic heterocycles. The van der Waals surface area contributed by atoms with Gasteiger partial charge in [0.1, 0.15) is 0 Å². The topological polar surface area (TPSA) is 109 Å². The molecule has 0 unspecified atom stereocenters. The van der Waals surface area contributed by atoms with Crippen LogP contribution in [0.2, 0.25) is 0 Å². The molecule has 2 aromatic rings. The molecule has 9 nitrogen and oxygen atoms in total. The Labute approximate surface area is 139 Å². The summed E-state index contributed by atoms with van der Waals surface area (Å²) in [4.78, 5) is 24.4. The van der Waals surface area contributed by atoms with Gasteiger partial charge in [0.2, 0.25) is 11.0 Å². The maximum atomic E-state index is 12.4. The highest BCUT2D eigenvalue weighted by Crippen LogP contribution is 2.17. The summed E-state index contributed by atoms with van der Waals surface area (Å²) in [6.45, 7) is 2.15. The number of piperazine rings is 1. The predicted molar refractivity (Wildman–Crippen MR) is 85.1 cm³/mol. The first-order valence-corrected chi connectivity index (χ1v) is 8.84. The number of carbonyl (C=O) groups excluding carboxylic acids is 1. The van der Waals surface area contributed by atoms with E-state index in [1.807, 2.05) is 4.90 Å². The van der Waals surface area contributed by atoms with Crippen LogP contribution in [-0.2, 0) is 10.0 Å². The minimum atomic E-state index is -3.70. The summed E-state index contributed by atoms with van der Waals surface area (Å²) in [6, 6.07) is 4.39. The first-order valence-electron chi connectivity index (χ1n) is 7.36. The minimum absolute atomic E-state index is 0.00763. The number of rotatable bonds is 4. The molecule has 1 N–H and O–H groups in total. The summed E-state index contributed by atoms with van der Waals surface area (Å²) in [5, 5.41) is -0.273. The molecule has 1 amide bonds. The fourth-order valence-corrected chi connectivity index (χ4v) is 3.05. The Balaban J connectivity index is 1.65. The highest BCUT2D eigenvalue weighted by Gasteiger charge is 2.26. The molecule has 24 heavy (non-hydrogen) atoms. The number of amides is 1. The number of anilines is 1. The summed E-state index contributed by atoms with van der Waals surface area (Å²) in [5.74, 6) is 0.305. The second-order valence-electron chi connectivity index (χ2n) is 5.15. The van der Waals surface area contributed by atoms with Crippen molar-refractivity contribution in [3.63, 3.8) is 0 Å². The quantitative estimate of drug-likeness (QED) is 0.822. The Kier molecular flexibility index (Phi) is 4.49. The van der Waals surface area contributed by atoms with E-state index in [-0.39, 0.29) is 16.8 Å². The van der Waals surface area contributed by atoms with Gasteiger partial charge in [-0.1, -0.05) is 0 Å². The molecule has 2 aromatic heterocycles. The molecular formula is C14H17N5O4S. The molecule has 1 saturated heterocycles. The van der Waals surface area contributed by atoms with Gasteiger partial charge in [0.15, 0.2) is 5.76 Å². The highest BCUT2D eigenvalue weighted by molar-refractivity contribution is 7.89. The number of aromatic nitrogens is 2. The van der Waals surface area contributed by atoms with Crippen LogP contribution in [-0.4, -0.2) is 62.4 Å². The molecular weight excluding hydrogens is 334 g/mol. The smallest absolute Gasteiger partial charge is 0.289 e. The fourth-order valence-electron chi connectivity index (χ4n) is 2.40. The third kappa shape index (κ3) is 3.24. The summed E-state index contributed by atoms with van der Waals surface area (Å²) in [5.41, 5.74) is 0. The van der Waals surface area contributed by atoms with E-state index in [9.17, 15) is 13.2 Å². The maximum Gasteiger partial charge on any atom is 0.289 e. The van der Waals surface area contributed by atoms with E-state index >= 15 is 0 Å². The zero-order chi connectivity index (χ0) is 17.2. The summed E-state index contributed by atoms with van der Waals surface area (Å²) >= 11 is 0. The number of sulfonamides is 1. The lowest BCUT2D eigenvalue weighted by Gasteiger charge is -2.34. The van der Waals surface area contributed by atoms with E-state index in [1.165, 1.54) is 19.2 Å². The van der Waals surface area contributed by atoms with Crippen LogP contribution in [0.5, 0.6) is 0 Å². The van der Waals surface area contributed by atoms with Crippen molar-refractivity contribution in [3.05, 3.63) is 36.4 Å². The lowest BCUT2D eigenvalue weighted by atomic mass is 10.3. The number of carbonyl (C=O) groups is 1. The van der Waals surface area contributed by atoms with Crippen molar-refractivity contribution in [2.75, 3.05) is 38.1 Å². The molecule has 0 aliphatic carbocycles. The predicted octanol–water partition coefficient (Wildman–Crippen LogP) is -0.0599. The van der Waals surface area contributed by atoms with Crippen LogP contribution in [0.3, 0.4) is 0 Å². The van der Waals surface area contributed by atoms with Gasteiger partial charge in [0.05, 0.1) is 0 Å². The van der Waals surface area contributed by atoms with Crippen LogP contribution in [0.15, 0.2) is 40.1 Å². The highest BCUT2D eigenvalue weighted by atomic mass is 32.2. The molecule has 1 aliphatic rings. The van der Waals surface area contributed by atoms with E-state index in [1.54, 1.807) is 23.4 Å². The third-order valence-corrected chi connectivity index (χ3v) is 5.01. The van der Waals surface area contributed by atoms with Gasteiger partial charge in [-0.15, -0.1) is 0 Å². The Morgan fingerprint density at radius 3 is 2.46 bits per heavy atom. The van der Waals surface area contributed by atoms with Crippen molar-refractivity contribution in [1.82, 2.24) is 19.6 Å². The lowest BCUT2D eigenvalue weighted by Crippen LogP contribution is -2.49. The first kappa shape index (κ1) is 16.4. The largest absolute Gasteiger partial charge is 0.438 e. The van der Waals surface area contributed by atoms with Gasteiger partial charge >= 0.3 is 0 Å². The number of nitrogens with one attached hydrogen (secondary N) is 1. The maximum absolute atomic E-state index is 12.4. The molecule has 0 spiro atoms. The van der Waals surface area contributed by atoms with E-state index < -0.39 is 10.0 Å². The Morgan fingerprint density at radius 1 is 1.17 bits per heavy atom. The van der Waals surface area contributed by atoms with Crippen LogP contribution in [0.1, 0.15) is 10.6 Å². The van der Waals surface area contributed by atoms with Crippen LogP contribution in [0.4, 0.5) is 5.95 Å². The second-order valence-corrected chi connectivity index (χ2v) is 6.97. The van der Waals surface area contributed by atoms with Gasteiger partial charge in [-0.3, -0.25) is 4.79 Å². The second kappa shape index (κ2) is 6.57. The van der Waals surface area contributed by atoms with E-state index in [0.717, 1.165) is 0 Å². The van der Waals surface area contributed by atoms with Crippen molar-refractivity contribution in [1.29, 1.82) is 0 Å². The number of hydrogen-bond acceptors (Lipinski definition) is 7. The molecule has 0 atom stereocenters. The Hall–Kier alpha value is -2.46. The molecule has 128 valence electrons. The normalized spacial score (nSPS) is 15.5. The number of furan rings is 1. The monoisotopic (exact) mass is 351 g/mol. The van der Waals surface area contributed by atoms with Gasteiger partial charge in [-0.05, 0) is 25.2 Å². The molecule has 0 saturated carbocycles. The van der Waals surface area contributed by atoms with Crippen LogP contribution >= 0.6 is 0 Å². The van der Waals surface area contributed by atoms with Gasteiger partial charge in [-0.25, -0.2) is 23.1 Å². The SMILES string of the molecule is CNS(=O)(=O)c1ccc(C(=O)N2CCN(c3ncccn3)CC2)o1. The molecule has 10 heteroatoms. The van der Waals surface area contributed by atoms with Crippen LogP contribution in [0, 0.1) is 0 Å². The number of hydrogen-bond donors (Lipinski definition) is 1. The Bertz CT molecular complexity index is 813. The zero-order valence-corrected chi connectivity index (χ0v) is 13.9. The van der Waals surface area contributed by atoms with Gasteiger partial charge < -0.3 is 14.2 Å². The minimum Gasteiger partial charge on any atom is -0.438 e. The molecule has 0 radical (unpaired) electrons. The van der Waals surface area contributed by atoms with E-state index in [0.29, 0.717) is 32.1 Å². The summed E-state index contributed by atoms with van der Waals surface area (Å²) in [6.07, 6.45) is 3.35. The van der Waals surface area contributed by atoms with E-state index in [2.05, 4.69) is 14.7 Å². The van der Waals surface area contributed by atoms with Crippen LogP contribution < -0.4 is 9.62 Å². The van der Waals surface area contributed by atoms with Crippen molar-refractivity contribution < 1.29 is 17.6 Å².